The van der Waals surface area contributed by atoms with Gasteiger partial charge in [-0.25, -0.2) is 13.5 Å². The van der Waals surface area contributed by atoms with Crippen molar-refractivity contribution in [3.63, 3.8) is 0 Å². The standard InChI is InChI=1S/C19H16F2N4O/c1-3-24-10-13-8-12(4-6-15(13)19(24)26)18-11(2)25(23-22-18)17-7-5-14(20)9-16(17)21/h4-9H,3,10H2,1-2H3. The molecule has 0 aliphatic carbocycles. The molecule has 0 fully saturated rings. The van der Waals surface area contributed by atoms with Crippen LogP contribution >= 0.6 is 0 Å². The Morgan fingerprint density at radius 3 is 2.69 bits per heavy atom. The van der Waals surface area contributed by atoms with Crippen molar-refractivity contribution in [2.24, 2.45) is 0 Å². The monoisotopic (exact) mass is 354 g/mol. The van der Waals surface area contributed by atoms with Gasteiger partial charge in [0, 0.05) is 30.3 Å². The van der Waals surface area contributed by atoms with Crippen molar-refractivity contribution >= 4 is 5.91 Å². The number of carbonyl (C=O) groups is 1. The zero-order valence-corrected chi connectivity index (χ0v) is 14.3. The van der Waals surface area contributed by atoms with Crippen LogP contribution in [0.5, 0.6) is 0 Å². The summed E-state index contributed by atoms with van der Waals surface area (Å²) in [5.41, 5.74) is 3.81. The van der Waals surface area contributed by atoms with Crippen molar-refractivity contribution < 1.29 is 13.6 Å². The quantitative estimate of drug-likeness (QED) is 0.723. The Hall–Kier alpha value is -3.09. The third kappa shape index (κ3) is 2.47. The minimum Gasteiger partial charge on any atom is -0.335 e. The normalized spacial score (nSPS) is 13.4. The minimum atomic E-state index is -0.706. The molecule has 132 valence electrons. The number of rotatable bonds is 3. The minimum absolute atomic E-state index is 0.0304. The van der Waals surface area contributed by atoms with Gasteiger partial charge in [0.15, 0.2) is 5.82 Å². The Balaban J connectivity index is 1.75. The van der Waals surface area contributed by atoms with E-state index in [0.717, 1.165) is 17.2 Å². The maximum Gasteiger partial charge on any atom is 0.254 e. The van der Waals surface area contributed by atoms with Crippen molar-refractivity contribution in [1.29, 1.82) is 0 Å². The van der Waals surface area contributed by atoms with Crippen LogP contribution in [0.25, 0.3) is 16.9 Å². The Kier molecular flexibility index (Phi) is 3.79. The molecule has 2 aromatic carbocycles. The van der Waals surface area contributed by atoms with Crippen LogP contribution in [-0.4, -0.2) is 32.3 Å². The molecular weight excluding hydrogens is 338 g/mol. The topological polar surface area (TPSA) is 51.0 Å². The molecule has 0 saturated carbocycles. The predicted molar refractivity (Wildman–Crippen MR) is 91.9 cm³/mol. The second kappa shape index (κ2) is 6.01. The van der Waals surface area contributed by atoms with Crippen LogP contribution in [0.3, 0.4) is 0 Å². The van der Waals surface area contributed by atoms with Crippen LogP contribution in [0.2, 0.25) is 0 Å². The highest BCUT2D eigenvalue weighted by molar-refractivity contribution is 5.98. The van der Waals surface area contributed by atoms with Gasteiger partial charge in [-0.1, -0.05) is 11.3 Å². The molecular formula is C19H16F2N4O. The van der Waals surface area contributed by atoms with E-state index in [9.17, 15) is 13.6 Å². The highest BCUT2D eigenvalue weighted by Gasteiger charge is 2.27. The fourth-order valence-corrected chi connectivity index (χ4v) is 3.26. The van der Waals surface area contributed by atoms with Crippen molar-refractivity contribution in [3.05, 3.63) is 64.9 Å². The molecule has 7 heteroatoms. The van der Waals surface area contributed by atoms with E-state index in [0.29, 0.717) is 30.0 Å². The number of hydrogen-bond acceptors (Lipinski definition) is 3. The van der Waals surface area contributed by atoms with Crippen LogP contribution in [0.1, 0.15) is 28.5 Å². The van der Waals surface area contributed by atoms with Crippen LogP contribution in [0.4, 0.5) is 8.78 Å². The molecule has 0 spiro atoms. The van der Waals surface area contributed by atoms with Gasteiger partial charge in [0.1, 0.15) is 17.2 Å². The van der Waals surface area contributed by atoms with Gasteiger partial charge >= 0.3 is 0 Å². The smallest absolute Gasteiger partial charge is 0.254 e. The molecule has 0 radical (unpaired) electrons. The number of halogens is 2. The van der Waals surface area contributed by atoms with Gasteiger partial charge in [0.05, 0.1) is 5.69 Å². The fourth-order valence-electron chi connectivity index (χ4n) is 3.26. The van der Waals surface area contributed by atoms with E-state index in [1.54, 1.807) is 17.9 Å². The second-order valence-corrected chi connectivity index (χ2v) is 6.22. The molecule has 0 unspecified atom stereocenters. The summed E-state index contributed by atoms with van der Waals surface area (Å²) >= 11 is 0. The van der Waals surface area contributed by atoms with E-state index in [-0.39, 0.29) is 11.6 Å². The average molecular weight is 354 g/mol. The van der Waals surface area contributed by atoms with Crippen LogP contribution < -0.4 is 0 Å². The summed E-state index contributed by atoms with van der Waals surface area (Å²) in [5, 5.41) is 8.18. The molecule has 0 saturated heterocycles. The first-order valence-corrected chi connectivity index (χ1v) is 8.30. The lowest BCUT2D eigenvalue weighted by atomic mass is 10.0. The van der Waals surface area contributed by atoms with Crippen molar-refractivity contribution in [2.75, 3.05) is 6.54 Å². The summed E-state index contributed by atoms with van der Waals surface area (Å²) in [6, 6.07) is 8.86. The maximum atomic E-state index is 14.1. The second-order valence-electron chi connectivity index (χ2n) is 6.22. The highest BCUT2D eigenvalue weighted by Crippen LogP contribution is 2.29. The summed E-state index contributed by atoms with van der Waals surface area (Å²) in [6.07, 6.45) is 0. The van der Waals surface area contributed by atoms with Crippen molar-refractivity contribution in [2.45, 2.75) is 20.4 Å². The Morgan fingerprint density at radius 1 is 1.15 bits per heavy atom. The van der Waals surface area contributed by atoms with Gasteiger partial charge < -0.3 is 4.90 Å². The number of amides is 1. The Bertz CT molecular complexity index is 1030. The molecule has 1 aliphatic heterocycles. The molecule has 0 atom stereocenters. The summed E-state index contributed by atoms with van der Waals surface area (Å²) in [4.78, 5) is 14.0. The molecule has 0 bridgehead atoms. The molecule has 1 aromatic heterocycles. The van der Waals surface area contributed by atoms with Crippen LogP contribution in [0.15, 0.2) is 36.4 Å². The van der Waals surface area contributed by atoms with Gasteiger partial charge in [-0.3, -0.25) is 4.79 Å². The third-order valence-corrected chi connectivity index (χ3v) is 4.67. The molecule has 4 rings (SSSR count). The Morgan fingerprint density at radius 2 is 1.96 bits per heavy atom. The number of carbonyl (C=O) groups excluding carboxylic acids is 1. The first-order chi connectivity index (χ1) is 12.5. The molecule has 0 N–H and O–H groups in total. The van der Waals surface area contributed by atoms with E-state index in [1.807, 2.05) is 19.1 Å². The fraction of sp³-hybridized carbons (Fsp3) is 0.211. The van der Waals surface area contributed by atoms with Crippen molar-refractivity contribution in [3.8, 4) is 16.9 Å². The first kappa shape index (κ1) is 16.4. The molecule has 26 heavy (non-hydrogen) atoms. The SMILES string of the molecule is CCN1Cc2cc(-c3nnn(-c4ccc(F)cc4F)c3C)ccc2C1=O. The lowest BCUT2D eigenvalue weighted by molar-refractivity contribution is 0.0787. The van der Waals surface area contributed by atoms with Crippen molar-refractivity contribution in [1.82, 2.24) is 19.9 Å². The molecule has 1 amide bonds. The van der Waals surface area contributed by atoms with E-state index in [2.05, 4.69) is 10.3 Å². The van der Waals surface area contributed by atoms with E-state index >= 15 is 0 Å². The largest absolute Gasteiger partial charge is 0.335 e. The molecule has 1 aliphatic rings. The first-order valence-electron chi connectivity index (χ1n) is 8.30. The molecule has 2 heterocycles. The lowest BCUT2D eigenvalue weighted by Crippen LogP contribution is -2.22. The van der Waals surface area contributed by atoms with Gasteiger partial charge in [-0.15, -0.1) is 5.10 Å². The summed E-state index contributed by atoms with van der Waals surface area (Å²) in [6.45, 7) is 4.94. The van der Waals surface area contributed by atoms with Gasteiger partial charge in [-0.2, -0.15) is 0 Å². The molecule has 5 nitrogen and oxygen atoms in total. The highest BCUT2D eigenvalue weighted by atomic mass is 19.1. The number of fused-ring (bicyclic) bond motifs is 1. The summed E-state index contributed by atoms with van der Waals surface area (Å²) in [5.74, 6) is -1.32. The van der Waals surface area contributed by atoms with Gasteiger partial charge in [-0.05, 0) is 43.7 Å². The van der Waals surface area contributed by atoms with E-state index < -0.39 is 11.6 Å². The number of benzene rings is 2. The summed E-state index contributed by atoms with van der Waals surface area (Å²) in [7, 11) is 0. The van der Waals surface area contributed by atoms with Gasteiger partial charge in [0.25, 0.3) is 5.91 Å². The maximum absolute atomic E-state index is 14.1. The Labute approximate surface area is 148 Å². The number of aromatic nitrogens is 3. The summed E-state index contributed by atoms with van der Waals surface area (Å²) < 4.78 is 28.5. The average Bonchev–Trinajstić information content (AvgIpc) is 3.15. The zero-order valence-electron chi connectivity index (χ0n) is 14.3. The van der Waals surface area contributed by atoms with E-state index in [4.69, 9.17) is 0 Å². The predicted octanol–water partition coefficient (Wildman–Crippen LogP) is 3.50. The number of nitrogens with zero attached hydrogens (tertiary/aromatic N) is 4. The van der Waals surface area contributed by atoms with Gasteiger partial charge in [0.2, 0.25) is 0 Å². The zero-order chi connectivity index (χ0) is 18.4. The lowest BCUT2D eigenvalue weighted by Gasteiger charge is -2.10. The number of hydrogen-bond donors (Lipinski definition) is 0. The third-order valence-electron chi connectivity index (χ3n) is 4.67. The van der Waals surface area contributed by atoms with Crippen LogP contribution in [-0.2, 0) is 6.54 Å². The van der Waals surface area contributed by atoms with Crippen LogP contribution in [0, 0.1) is 18.6 Å². The van der Waals surface area contributed by atoms with E-state index in [1.165, 1.54) is 16.8 Å². The molecule has 3 aromatic rings.